The van der Waals surface area contributed by atoms with Crippen LogP contribution < -0.4 is 20.3 Å². The summed E-state index contributed by atoms with van der Waals surface area (Å²) in [5.74, 6) is -1.000. The molecule has 4 amide bonds. The molecule has 2 heterocycles. The zero-order chi connectivity index (χ0) is 33.0. The number of hydrogen-bond donors (Lipinski definition) is 3. The van der Waals surface area contributed by atoms with Crippen LogP contribution in [0.1, 0.15) is 36.5 Å². The maximum absolute atomic E-state index is 14.1. The van der Waals surface area contributed by atoms with Crippen molar-refractivity contribution in [1.29, 1.82) is 0 Å². The predicted molar refractivity (Wildman–Crippen MR) is 178 cm³/mol. The van der Waals surface area contributed by atoms with Gasteiger partial charge in [-0.3, -0.25) is 9.59 Å². The van der Waals surface area contributed by atoms with Crippen molar-refractivity contribution in [3.05, 3.63) is 89.4 Å². The van der Waals surface area contributed by atoms with Crippen molar-refractivity contribution in [2.45, 2.75) is 39.3 Å². The molecule has 1 aliphatic rings. The van der Waals surface area contributed by atoms with Gasteiger partial charge in [-0.15, -0.1) is 0 Å². The van der Waals surface area contributed by atoms with Crippen molar-refractivity contribution >= 4 is 40.1 Å². The average molecular weight is 629 g/mol. The van der Waals surface area contributed by atoms with Gasteiger partial charge in [-0.25, -0.2) is 9.18 Å². The molecule has 3 aromatic carbocycles. The van der Waals surface area contributed by atoms with E-state index in [-0.39, 0.29) is 31.4 Å². The van der Waals surface area contributed by atoms with Crippen LogP contribution in [0.3, 0.4) is 0 Å². The molecule has 1 saturated heterocycles. The van der Waals surface area contributed by atoms with Crippen LogP contribution in [0, 0.1) is 12.7 Å². The van der Waals surface area contributed by atoms with Crippen LogP contribution in [0.25, 0.3) is 10.9 Å². The molecule has 11 heteroatoms. The molecule has 2 atom stereocenters. The molecule has 1 aromatic heterocycles. The molecule has 1 aliphatic heterocycles. The Balaban J connectivity index is 1.40. The van der Waals surface area contributed by atoms with Crippen molar-refractivity contribution < 1.29 is 23.5 Å². The fourth-order valence-corrected chi connectivity index (χ4v) is 5.95. The molecule has 3 N–H and O–H groups in total. The van der Waals surface area contributed by atoms with Crippen molar-refractivity contribution in [3.8, 4) is 5.75 Å². The minimum atomic E-state index is -0.994. The third-order valence-electron chi connectivity index (χ3n) is 8.23. The summed E-state index contributed by atoms with van der Waals surface area (Å²) in [5.41, 5.74) is 4.53. The molecule has 0 radical (unpaired) electrons. The number of ether oxygens (including phenoxy) is 1. The number of H-pyrrole nitrogens is 1. The van der Waals surface area contributed by atoms with E-state index in [1.165, 1.54) is 17.0 Å². The van der Waals surface area contributed by atoms with Gasteiger partial charge in [0, 0.05) is 48.3 Å². The van der Waals surface area contributed by atoms with E-state index in [1.54, 1.807) is 17.9 Å². The Morgan fingerprint density at radius 3 is 2.59 bits per heavy atom. The summed E-state index contributed by atoms with van der Waals surface area (Å²) in [7, 11) is 3.93. The number of carbonyl (C=O) groups is 3. The summed E-state index contributed by atoms with van der Waals surface area (Å²) in [6, 6.07) is 16.2. The van der Waals surface area contributed by atoms with Crippen molar-refractivity contribution in [3.63, 3.8) is 0 Å². The highest BCUT2D eigenvalue weighted by atomic mass is 19.1. The number of para-hydroxylation sites is 1. The molecule has 0 bridgehead atoms. The van der Waals surface area contributed by atoms with Gasteiger partial charge in [0.1, 0.15) is 24.2 Å². The molecule has 0 spiro atoms. The van der Waals surface area contributed by atoms with Crippen LogP contribution >= 0.6 is 0 Å². The van der Waals surface area contributed by atoms with E-state index < -0.39 is 23.9 Å². The van der Waals surface area contributed by atoms with Crippen LogP contribution in [0.5, 0.6) is 5.75 Å². The van der Waals surface area contributed by atoms with Gasteiger partial charge in [-0.05, 0) is 81.0 Å². The summed E-state index contributed by atoms with van der Waals surface area (Å²) in [6.45, 7) is 6.90. The number of urea groups is 1. The van der Waals surface area contributed by atoms with Gasteiger partial charge >= 0.3 is 6.03 Å². The van der Waals surface area contributed by atoms with E-state index in [1.807, 2.05) is 81.5 Å². The Morgan fingerprint density at radius 2 is 1.87 bits per heavy atom. The van der Waals surface area contributed by atoms with E-state index in [0.29, 0.717) is 35.8 Å². The van der Waals surface area contributed by atoms with E-state index >= 15 is 0 Å². The molecule has 10 nitrogen and oxygen atoms in total. The number of piperazine rings is 1. The highest BCUT2D eigenvalue weighted by molar-refractivity contribution is 6.01. The maximum Gasteiger partial charge on any atom is 0.318 e. The lowest BCUT2D eigenvalue weighted by molar-refractivity contribution is -0.120. The molecule has 0 saturated carbocycles. The fraction of sp³-hybridized carbons (Fsp3) is 0.343. The number of halogens is 1. The Labute approximate surface area is 268 Å². The van der Waals surface area contributed by atoms with Crippen LogP contribution in [0.2, 0.25) is 0 Å². The molecule has 5 rings (SSSR count). The second kappa shape index (κ2) is 14.0. The highest BCUT2D eigenvalue weighted by Gasteiger charge is 2.34. The van der Waals surface area contributed by atoms with Crippen LogP contribution in [-0.4, -0.2) is 79.0 Å². The van der Waals surface area contributed by atoms with Gasteiger partial charge in [0.05, 0.1) is 12.3 Å². The smallest absolute Gasteiger partial charge is 0.318 e. The zero-order valence-corrected chi connectivity index (χ0v) is 26.9. The first kappa shape index (κ1) is 32.5. The first-order chi connectivity index (χ1) is 22.0. The number of nitrogens with one attached hydrogen (secondary N) is 3. The first-order valence-corrected chi connectivity index (χ1v) is 15.4. The Bertz CT molecular complexity index is 1740. The number of carbonyl (C=O) groups excluding carboxylic acids is 3. The maximum atomic E-state index is 14.1. The van der Waals surface area contributed by atoms with Gasteiger partial charge < -0.3 is 35.1 Å². The number of hydrogen-bond acceptors (Lipinski definition) is 5. The Hall–Kier alpha value is -4.90. The first-order valence-electron chi connectivity index (χ1n) is 15.4. The number of aryl methyl sites for hydroxylation is 1. The molecule has 242 valence electrons. The lowest BCUT2D eigenvalue weighted by Gasteiger charge is -2.36. The number of amides is 4. The molecule has 0 unspecified atom stereocenters. The van der Waals surface area contributed by atoms with Gasteiger partial charge in [0.15, 0.2) is 0 Å². The minimum Gasteiger partial charge on any atom is -0.492 e. The van der Waals surface area contributed by atoms with Crippen LogP contribution in [0.4, 0.5) is 20.6 Å². The van der Waals surface area contributed by atoms with Crippen LogP contribution in [-0.2, 0) is 16.1 Å². The van der Waals surface area contributed by atoms with Gasteiger partial charge in [-0.2, -0.15) is 0 Å². The third kappa shape index (κ3) is 7.15. The molecule has 0 aliphatic carbocycles. The minimum absolute atomic E-state index is 0.181. The lowest BCUT2D eigenvalue weighted by Crippen LogP contribution is -2.58. The molecular weight excluding hydrogens is 587 g/mol. The number of benzene rings is 3. The van der Waals surface area contributed by atoms with Gasteiger partial charge in [0.2, 0.25) is 11.8 Å². The number of fused-ring (bicyclic) bond motifs is 1. The second-order valence-corrected chi connectivity index (χ2v) is 11.9. The summed E-state index contributed by atoms with van der Waals surface area (Å²) >= 11 is 0. The van der Waals surface area contributed by atoms with Crippen molar-refractivity contribution in [1.82, 2.24) is 20.1 Å². The quantitative estimate of drug-likeness (QED) is 0.223. The summed E-state index contributed by atoms with van der Waals surface area (Å²) in [5, 5.41) is 6.92. The Kier molecular flexibility index (Phi) is 9.91. The third-order valence-corrected chi connectivity index (χ3v) is 8.23. The molecule has 4 aromatic rings. The second-order valence-electron chi connectivity index (χ2n) is 11.9. The summed E-state index contributed by atoms with van der Waals surface area (Å²) < 4.78 is 19.5. The van der Waals surface area contributed by atoms with Crippen LogP contribution in [0.15, 0.2) is 66.9 Å². The SMILES string of the molecule is CCOc1ccc(CN(C)C)cc1NC(=O)[C@H](NC(=O)N1CCN(c2ccc(F)cc2C)C(=O)C1)[C@@H](C)c1c[nH]c2ccccc12. The number of anilines is 2. The molecular formula is C35H41FN6O4. The number of aromatic amines is 1. The molecule has 1 fully saturated rings. The predicted octanol–water partition coefficient (Wildman–Crippen LogP) is 5.24. The normalized spacial score (nSPS) is 14.8. The van der Waals surface area contributed by atoms with Gasteiger partial charge in [-0.1, -0.05) is 31.2 Å². The number of rotatable bonds is 10. The summed E-state index contributed by atoms with van der Waals surface area (Å²) in [4.78, 5) is 49.3. The Morgan fingerprint density at radius 1 is 1.09 bits per heavy atom. The van der Waals surface area contributed by atoms with E-state index in [0.717, 1.165) is 22.0 Å². The van der Waals surface area contributed by atoms with E-state index in [2.05, 4.69) is 15.6 Å². The van der Waals surface area contributed by atoms with E-state index in [4.69, 9.17) is 4.74 Å². The average Bonchev–Trinajstić information content (AvgIpc) is 3.45. The fourth-order valence-electron chi connectivity index (χ4n) is 5.95. The number of nitrogens with zero attached hydrogens (tertiary/aromatic N) is 3. The van der Waals surface area contributed by atoms with Crippen molar-refractivity contribution in [2.24, 2.45) is 0 Å². The zero-order valence-electron chi connectivity index (χ0n) is 26.9. The standard InChI is InChI=1S/C35H41FN6O4/c1-6-46-31-14-11-24(20-40(4)5)18-29(31)38-34(44)33(23(3)27-19-37-28-10-8-7-9-26(27)28)39-35(45)41-15-16-42(32(43)21-41)30-13-12-25(36)17-22(30)2/h7-14,17-19,23,33,37H,6,15-16,20-21H2,1-5H3,(H,38,44)(H,39,45)/t23-,33+/m0/s1. The monoisotopic (exact) mass is 628 g/mol. The van der Waals surface area contributed by atoms with Crippen molar-refractivity contribution in [2.75, 3.05) is 50.6 Å². The number of aromatic nitrogens is 1. The lowest BCUT2D eigenvalue weighted by atomic mass is 9.92. The summed E-state index contributed by atoms with van der Waals surface area (Å²) in [6.07, 6.45) is 1.86. The van der Waals surface area contributed by atoms with Gasteiger partial charge in [0.25, 0.3) is 0 Å². The largest absolute Gasteiger partial charge is 0.492 e. The van der Waals surface area contributed by atoms with E-state index in [9.17, 15) is 18.8 Å². The highest BCUT2D eigenvalue weighted by Crippen LogP contribution is 2.31. The topological polar surface area (TPSA) is 110 Å². The molecule has 46 heavy (non-hydrogen) atoms.